The molecule has 1 amide bonds. The summed E-state index contributed by atoms with van der Waals surface area (Å²) in [6.45, 7) is 0. The molecular formula is C31H21ClN2O3S. The minimum Gasteiger partial charge on any atom is -0.352 e. The summed E-state index contributed by atoms with van der Waals surface area (Å²) in [5.41, 5.74) is 2.21. The maximum Gasteiger partial charge on any atom is 0.238 e. The number of ketones is 2. The van der Waals surface area contributed by atoms with Crippen molar-refractivity contribution in [3.8, 4) is 0 Å². The van der Waals surface area contributed by atoms with Crippen LogP contribution in [0, 0.1) is 5.92 Å². The van der Waals surface area contributed by atoms with E-state index < -0.39 is 23.4 Å². The van der Waals surface area contributed by atoms with Gasteiger partial charge >= 0.3 is 0 Å². The van der Waals surface area contributed by atoms with E-state index in [1.54, 1.807) is 24.3 Å². The second-order valence-electron chi connectivity index (χ2n) is 9.78. The van der Waals surface area contributed by atoms with E-state index in [-0.39, 0.29) is 17.5 Å². The molecule has 5 nitrogen and oxygen atoms in total. The summed E-state index contributed by atoms with van der Waals surface area (Å²) in [4.78, 5) is 45.7. The van der Waals surface area contributed by atoms with E-state index in [1.807, 2.05) is 83.1 Å². The van der Waals surface area contributed by atoms with E-state index in [0.717, 1.165) is 16.8 Å². The summed E-state index contributed by atoms with van der Waals surface area (Å²) in [6.07, 6.45) is 3.90. The number of thiophene rings is 1. The van der Waals surface area contributed by atoms with Gasteiger partial charge in [0, 0.05) is 22.0 Å². The highest BCUT2D eigenvalue weighted by Crippen LogP contribution is 2.58. The van der Waals surface area contributed by atoms with Gasteiger partial charge in [0.2, 0.25) is 5.91 Å². The summed E-state index contributed by atoms with van der Waals surface area (Å²) < 4.78 is 0. The van der Waals surface area contributed by atoms with E-state index >= 15 is 0 Å². The van der Waals surface area contributed by atoms with Crippen LogP contribution in [0.3, 0.4) is 0 Å². The van der Waals surface area contributed by atoms with Crippen LogP contribution in [0.15, 0.2) is 96.4 Å². The normalized spacial score (nSPS) is 24.6. The van der Waals surface area contributed by atoms with Crippen LogP contribution in [0.25, 0.3) is 6.08 Å². The molecule has 3 aliphatic rings. The number of carbonyl (C=O) groups is 3. The molecule has 4 atom stereocenters. The summed E-state index contributed by atoms with van der Waals surface area (Å²) in [6, 6.07) is 24.1. The lowest BCUT2D eigenvalue weighted by molar-refractivity contribution is -0.121. The second kappa shape index (κ2) is 8.51. The summed E-state index contributed by atoms with van der Waals surface area (Å²) in [5.74, 6) is -1.64. The van der Waals surface area contributed by atoms with E-state index in [1.165, 1.54) is 11.3 Å². The van der Waals surface area contributed by atoms with Crippen LogP contribution in [0.5, 0.6) is 0 Å². The molecule has 4 aromatic rings. The first-order valence-electron chi connectivity index (χ1n) is 12.4. The SMILES string of the molecule is O=C(c1ccccc1)[C@@H]1[C@H](C(=O)c2cccs2)[C@]2(C(=O)Nc3ccccc32)[C@H]2C=Cc3cc(Cl)ccc3N12. The van der Waals surface area contributed by atoms with Crippen LogP contribution in [-0.2, 0) is 10.2 Å². The van der Waals surface area contributed by atoms with Crippen molar-refractivity contribution in [3.63, 3.8) is 0 Å². The number of benzene rings is 3. The molecule has 3 aliphatic heterocycles. The van der Waals surface area contributed by atoms with Gasteiger partial charge in [0.1, 0.15) is 11.5 Å². The van der Waals surface area contributed by atoms with E-state index in [4.69, 9.17) is 11.6 Å². The first kappa shape index (κ1) is 23.1. The number of fused-ring (bicyclic) bond motifs is 6. The molecule has 186 valence electrons. The highest BCUT2D eigenvalue weighted by molar-refractivity contribution is 7.12. The Bertz CT molecular complexity index is 1650. The first-order valence-corrected chi connectivity index (χ1v) is 13.6. The van der Waals surface area contributed by atoms with Gasteiger partial charge in [-0.15, -0.1) is 11.3 Å². The summed E-state index contributed by atoms with van der Waals surface area (Å²) >= 11 is 7.66. The Morgan fingerprint density at radius 2 is 1.71 bits per heavy atom. The fraction of sp³-hybridized carbons (Fsp3) is 0.129. The van der Waals surface area contributed by atoms with Crippen molar-refractivity contribution >= 4 is 57.9 Å². The molecule has 0 bridgehead atoms. The molecule has 0 unspecified atom stereocenters. The quantitative estimate of drug-likeness (QED) is 0.313. The zero-order valence-electron chi connectivity index (χ0n) is 20.0. The molecule has 7 rings (SSSR count). The van der Waals surface area contributed by atoms with Gasteiger partial charge in [-0.1, -0.05) is 78.4 Å². The smallest absolute Gasteiger partial charge is 0.238 e. The molecule has 0 radical (unpaired) electrons. The number of halogens is 1. The van der Waals surface area contributed by atoms with Gasteiger partial charge in [-0.3, -0.25) is 14.4 Å². The Labute approximate surface area is 228 Å². The largest absolute Gasteiger partial charge is 0.352 e. The van der Waals surface area contributed by atoms with Crippen LogP contribution in [0.4, 0.5) is 11.4 Å². The van der Waals surface area contributed by atoms with Crippen LogP contribution in [-0.4, -0.2) is 29.6 Å². The standard InChI is InChI=1S/C31H21ClN2O3S/c32-20-13-14-23-19(17-20)12-15-25-31(21-9-4-5-10-22(21)33-30(31)37)26(29(36)24-11-6-16-38-24)27(34(23)25)28(35)18-7-2-1-3-8-18/h1-17,25-27H,(H,33,37)/t25-,26-,27+,31-/m1/s1. The highest BCUT2D eigenvalue weighted by Gasteiger charge is 2.70. The minimum absolute atomic E-state index is 0.198. The minimum atomic E-state index is -1.30. The summed E-state index contributed by atoms with van der Waals surface area (Å²) in [7, 11) is 0. The van der Waals surface area contributed by atoms with Crippen LogP contribution in [0.1, 0.15) is 31.2 Å². The maximum absolute atomic E-state index is 14.5. The van der Waals surface area contributed by atoms with Crippen LogP contribution < -0.4 is 10.2 Å². The van der Waals surface area contributed by atoms with E-state index in [2.05, 4.69) is 5.32 Å². The molecule has 7 heteroatoms. The number of para-hydroxylation sites is 1. The summed E-state index contributed by atoms with van der Waals surface area (Å²) in [5, 5.41) is 5.46. The van der Waals surface area contributed by atoms with Gasteiger partial charge in [-0.05, 0) is 46.8 Å². The molecule has 3 aromatic carbocycles. The van der Waals surface area contributed by atoms with Crippen molar-refractivity contribution in [2.75, 3.05) is 10.2 Å². The predicted molar refractivity (Wildman–Crippen MR) is 150 cm³/mol. The lowest BCUT2D eigenvalue weighted by atomic mass is 9.64. The van der Waals surface area contributed by atoms with Crippen molar-refractivity contribution < 1.29 is 14.4 Å². The molecule has 1 aromatic heterocycles. The first-order chi connectivity index (χ1) is 18.5. The van der Waals surface area contributed by atoms with Crippen LogP contribution in [0.2, 0.25) is 5.02 Å². The van der Waals surface area contributed by atoms with Gasteiger partial charge in [0.25, 0.3) is 0 Å². The number of anilines is 2. The molecular weight excluding hydrogens is 516 g/mol. The van der Waals surface area contributed by atoms with Crippen molar-refractivity contribution in [3.05, 3.63) is 123 Å². The fourth-order valence-electron chi connectivity index (χ4n) is 6.50. The number of hydrogen-bond acceptors (Lipinski definition) is 5. The monoisotopic (exact) mass is 536 g/mol. The third-order valence-electron chi connectivity index (χ3n) is 7.97. The number of Topliss-reactive ketones (excluding diaryl/α,β-unsaturated/α-hetero) is 2. The molecule has 0 saturated carbocycles. The molecule has 0 aliphatic carbocycles. The molecule has 38 heavy (non-hydrogen) atoms. The number of hydrogen-bond donors (Lipinski definition) is 1. The van der Waals surface area contributed by atoms with Gasteiger partial charge in [0.15, 0.2) is 11.6 Å². The van der Waals surface area contributed by atoms with Gasteiger partial charge in [-0.2, -0.15) is 0 Å². The Kier molecular flexibility index (Phi) is 5.18. The number of amides is 1. The predicted octanol–water partition coefficient (Wildman–Crippen LogP) is 6.26. The Morgan fingerprint density at radius 3 is 2.50 bits per heavy atom. The Hall–Kier alpha value is -4.00. The Balaban J connectivity index is 1.55. The van der Waals surface area contributed by atoms with Crippen molar-refractivity contribution in [2.45, 2.75) is 17.5 Å². The van der Waals surface area contributed by atoms with Crippen molar-refractivity contribution in [1.82, 2.24) is 0 Å². The number of nitrogens with one attached hydrogen (secondary N) is 1. The average molecular weight is 537 g/mol. The van der Waals surface area contributed by atoms with Gasteiger partial charge in [0.05, 0.1) is 16.8 Å². The Morgan fingerprint density at radius 1 is 0.921 bits per heavy atom. The highest BCUT2D eigenvalue weighted by atomic mass is 35.5. The van der Waals surface area contributed by atoms with Crippen molar-refractivity contribution in [1.29, 1.82) is 0 Å². The van der Waals surface area contributed by atoms with Crippen LogP contribution >= 0.6 is 22.9 Å². The fourth-order valence-corrected chi connectivity index (χ4v) is 7.38. The average Bonchev–Trinajstić information content (AvgIpc) is 3.65. The van der Waals surface area contributed by atoms with Crippen molar-refractivity contribution in [2.24, 2.45) is 5.92 Å². The number of rotatable bonds is 4. The zero-order chi connectivity index (χ0) is 26.0. The molecule has 1 N–H and O–H groups in total. The molecule has 1 fully saturated rings. The molecule has 1 saturated heterocycles. The number of nitrogens with zero attached hydrogens (tertiary/aromatic N) is 1. The number of carbonyl (C=O) groups excluding carboxylic acids is 3. The molecule has 1 spiro atoms. The van der Waals surface area contributed by atoms with Gasteiger partial charge < -0.3 is 10.2 Å². The third-order valence-corrected chi connectivity index (χ3v) is 9.09. The maximum atomic E-state index is 14.5. The topological polar surface area (TPSA) is 66.5 Å². The molecule has 4 heterocycles. The van der Waals surface area contributed by atoms with E-state index in [0.29, 0.717) is 21.2 Å². The third kappa shape index (κ3) is 3.08. The lowest BCUT2D eigenvalue weighted by Crippen LogP contribution is -2.51. The zero-order valence-corrected chi connectivity index (χ0v) is 21.6. The lowest BCUT2D eigenvalue weighted by Gasteiger charge is -2.37. The van der Waals surface area contributed by atoms with Gasteiger partial charge in [-0.25, -0.2) is 0 Å². The van der Waals surface area contributed by atoms with E-state index in [9.17, 15) is 14.4 Å². The second-order valence-corrected chi connectivity index (χ2v) is 11.2.